The van der Waals surface area contributed by atoms with Crippen molar-refractivity contribution in [2.75, 3.05) is 19.7 Å². The number of hydrogen-bond acceptors (Lipinski definition) is 6. The van der Waals surface area contributed by atoms with Crippen LogP contribution < -0.4 is 10.6 Å². The molecular weight excluding hydrogens is 436 g/mol. The summed E-state index contributed by atoms with van der Waals surface area (Å²) in [5.74, 6) is -1.31. The minimum absolute atomic E-state index is 0.161. The van der Waals surface area contributed by atoms with Crippen molar-refractivity contribution in [1.29, 1.82) is 0 Å². The Labute approximate surface area is 206 Å². The number of carbonyl (C=O) groups excluding carboxylic acids is 2. The Hall–Kier alpha value is -1.22. The fraction of sp³-hybridized carbons (Fsp3) is 0.923. The third-order valence-corrected chi connectivity index (χ3v) is 6.19. The molecule has 0 saturated carbocycles. The molecule has 0 aliphatic rings. The molecule has 0 heterocycles. The number of aliphatic hydroxyl groups is 4. The van der Waals surface area contributed by atoms with Crippen LogP contribution in [0.2, 0.25) is 0 Å². The van der Waals surface area contributed by atoms with E-state index >= 15 is 0 Å². The van der Waals surface area contributed by atoms with Gasteiger partial charge in [-0.2, -0.15) is 0 Å². The van der Waals surface area contributed by atoms with Gasteiger partial charge in [-0.1, -0.05) is 103 Å². The fourth-order valence-corrected chi connectivity index (χ4v) is 3.90. The summed E-state index contributed by atoms with van der Waals surface area (Å²) in [4.78, 5) is 23.5. The SMILES string of the molecule is CCCCCCCCCCCCCCCCCCNC(=O)CNC(=O)[C@H](O)[C@@H](O)[C@H](O)CCO. The lowest BCUT2D eigenvalue weighted by molar-refractivity contribution is -0.142. The Bertz CT molecular complexity index is 492. The lowest BCUT2D eigenvalue weighted by Crippen LogP contribution is -2.49. The van der Waals surface area contributed by atoms with Crippen molar-refractivity contribution in [2.45, 2.75) is 134 Å². The molecule has 0 aromatic heterocycles. The van der Waals surface area contributed by atoms with Crippen LogP contribution in [0.5, 0.6) is 0 Å². The van der Waals surface area contributed by atoms with E-state index in [9.17, 15) is 24.9 Å². The molecule has 0 aliphatic heterocycles. The van der Waals surface area contributed by atoms with Gasteiger partial charge in [-0.25, -0.2) is 0 Å². The number of aliphatic hydroxyl groups excluding tert-OH is 4. The number of carbonyl (C=O) groups is 2. The smallest absolute Gasteiger partial charge is 0.252 e. The maximum atomic E-state index is 11.8. The maximum absolute atomic E-state index is 11.8. The van der Waals surface area contributed by atoms with Gasteiger partial charge in [-0.15, -0.1) is 0 Å². The Kier molecular flexibility index (Phi) is 22.7. The largest absolute Gasteiger partial charge is 0.396 e. The van der Waals surface area contributed by atoms with Gasteiger partial charge in [-0.05, 0) is 12.8 Å². The van der Waals surface area contributed by atoms with E-state index in [1.54, 1.807) is 0 Å². The van der Waals surface area contributed by atoms with Crippen molar-refractivity contribution in [3.63, 3.8) is 0 Å². The topological polar surface area (TPSA) is 139 Å². The first-order valence-corrected chi connectivity index (χ1v) is 13.6. The van der Waals surface area contributed by atoms with Crippen LogP contribution in [-0.4, -0.2) is 70.2 Å². The predicted octanol–water partition coefficient (Wildman–Crippen LogP) is 2.95. The van der Waals surface area contributed by atoms with E-state index in [0.29, 0.717) is 6.54 Å². The van der Waals surface area contributed by atoms with Gasteiger partial charge in [0, 0.05) is 13.2 Å². The number of amides is 2. The van der Waals surface area contributed by atoms with Gasteiger partial charge in [0.25, 0.3) is 5.91 Å². The number of unbranched alkanes of at least 4 members (excludes halogenated alkanes) is 15. The van der Waals surface area contributed by atoms with Gasteiger partial charge in [0.05, 0.1) is 12.6 Å². The Morgan fingerprint density at radius 1 is 0.676 bits per heavy atom. The van der Waals surface area contributed by atoms with Crippen molar-refractivity contribution >= 4 is 11.8 Å². The van der Waals surface area contributed by atoms with Crippen LogP contribution in [0.1, 0.15) is 116 Å². The van der Waals surface area contributed by atoms with Crippen LogP contribution >= 0.6 is 0 Å². The summed E-state index contributed by atoms with van der Waals surface area (Å²) in [6.45, 7) is 2.10. The monoisotopic (exact) mass is 488 g/mol. The number of nitrogens with one attached hydrogen (secondary N) is 2. The van der Waals surface area contributed by atoms with Gasteiger partial charge >= 0.3 is 0 Å². The molecule has 0 aliphatic carbocycles. The lowest BCUT2D eigenvalue weighted by atomic mass is 10.0. The molecule has 202 valence electrons. The summed E-state index contributed by atoms with van der Waals surface area (Å²) in [5.41, 5.74) is 0. The molecule has 0 aromatic rings. The highest BCUT2D eigenvalue weighted by molar-refractivity contribution is 5.87. The molecule has 8 nitrogen and oxygen atoms in total. The number of rotatable bonds is 24. The molecule has 0 radical (unpaired) electrons. The van der Waals surface area contributed by atoms with Crippen molar-refractivity contribution in [3.05, 3.63) is 0 Å². The van der Waals surface area contributed by atoms with Gasteiger partial charge in [0.15, 0.2) is 6.10 Å². The van der Waals surface area contributed by atoms with E-state index in [-0.39, 0.29) is 25.5 Å². The third kappa shape index (κ3) is 19.1. The molecule has 0 unspecified atom stereocenters. The normalized spacial score (nSPS) is 13.9. The molecule has 0 bridgehead atoms. The second kappa shape index (κ2) is 23.5. The standard InChI is InChI=1S/C26H52N2O6/c1-2-3-4-5-6-7-8-9-10-11-12-13-14-15-16-17-19-27-23(31)21-28-26(34)25(33)24(32)22(30)18-20-29/h22,24-25,29-30,32-33H,2-21H2,1H3,(H,27,31)(H,28,34)/t22-,24+,25-/m1/s1. The summed E-state index contributed by atoms with van der Waals surface area (Å²) in [5, 5.41) is 42.5. The van der Waals surface area contributed by atoms with E-state index < -0.39 is 24.2 Å². The zero-order valence-corrected chi connectivity index (χ0v) is 21.5. The van der Waals surface area contributed by atoms with E-state index in [1.807, 2.05) is 0 Å². The minimum atomic E-state index is -1.87. The van der Waals surface area contributed by atoms with E-state index in [1.165, 1.54) is 83.5 Å². The quantitative estimate of drug-likeness (QED) is 0.115. The Morgan fingerprint density at radius 2 is 1.12 bits per heavy atom. The summed E-state index contributed by atoms with van der Waals surface area (Å²) in [7, 11) is 0. The van der Waals surface area contributed by atoms with Gasteiger partial charge in [0.2, 0.25) is 5.91 Å². The zero-order chi connectivity index (χ0) is 25.4. The van der Waals surface area contributed by atoms with Crippen molar-refractivity contribution in [1.82, 2.24) is 10.6 Å². The van der Waals surface area contributed by atoms with Crippen molar-refractivity contribution in [3.8, 4) is 0 Å². The van der Waals surface area contributed by atoms with Crippen molar-refractivity contribution < 1.29 is 30.0 Å². The second-order valence-electron chi connectivity index (χ2n) is 9.39. The van der Waals surface area contributed by atoms with Crippen LogP contribution in [0.25, 0.3) is 0 Å². The van der Waals surface area contributed by atoms with Crippen LogP contribution in [0.4, 0.5) is 0 Å². The first-order chi connectivity index (χ1) is 16.4. The molecule has 0 aromatic carbocycles. The van der Waals surface area contributed by atoms with Crippen LogP contribution in [0, 0.1) is 0 Å². The highest BCUT2D eigenvalue weighted by Gasteiger charge is 2.30. The summed E-state index contributed by atoms with van der Waals surface area (Å²) >= 11 is 0. The van der Waals surface area contributed by atoms with Gasteiger partial charge < -0.3 is 31.1 Å². The molecule has 3 atom stereocenters. The molecule has 34 heavy (non-hydrogen) atoms. The average Bonchev–Trinajstić information content (AvgIpc) is 2.83. The highest BCUT2D eigenvalue weighted by atomic mass is 16.4. The molecule has 0 saturated heterocycles. The van der Waals surface area contributed by atoms with E-state index in [2.05, 4.69) is 17.6 Å². The van der Waals surface area contributed by atoms with Gasteiger partial charge in [-0.3, -0.25) is 9.59 Å². The first-order valence-electron chi connectivity index (χ1n) is 13.6. The fourth-order valence-electron chi connectivity index (χ4n) is 3.90. The molecular formula is C26H52N2O6. The summed E-state index contributed by atoms with van der Waals surface area (Å²) < 4.78 is 0. The second-order valence-corrected chi connectivity index (χ2v) is 9.39. The lowest BCUT2D eigenvalue weighted by Gasteiger charge is -2.21. The Morgan fingerprint density at radius 3 is 1.56 bits per heavy atom. The average molecular weight is 489 g/mol. The third-order valence-electron chi connectivity index (χ3n) is 6.19. The summed E-state index contributed by atoms with van der Waals surface area (Å²) in [6, 6.07) is 0. The van der Waals surface area contributed by atoms with E-state index in [0.717, 1.165) is 19.3 Å². The summed E-state index contributed by atoms with van der Waals surface area (Å²) in [6.07, 6.45) is 15.5. The van der Waals surface area contributed by atoms with E-state index in [4.69, 9.17) is 5.11 Å². The molecule has 0 rings (SSSR count). The highest BCUT2D eigenvalue weighted by Crippen LogP contribution is 2.13. The Balaban J connectivity index is 3.47. The molecule has 6 N–H and O–H groups in total. The zero-order valence-electron chi connectivity index (χ0n) is 21.5. The van der Waals surface area contributed by atoms with Crippen molar-refractivity contribution in [2.24, 2.45) is 0 Å². The van der Waals surface area contributed by atoms with Gasteiger partial charge in [0.1, 0.15) is 6.10 Å². The van der Waals surface area contributed by atoms with Crippen LogP contribution in [0.15, 0.2) is 0 Å². The minimum Gasteiger partial charge on any atom is -0.396 e. The van der Waals surface area contributed by atoms with Crippen LogP contribution in [-0.2, 0) is 9.59 Å². The maximum Gasteiger partial charge on any atom is 0.252 e. The number of hydrogen-bond donors (Lipinski definition) is 6. The molecule has 8 heteroatoms. The first kappa shape index (κ1) is 32.8. The molecule has 2 amide bonds. The molecule has 0 fully saturated rings. The molecule has 0 spiro atoms. The van der Waals surface area contributed by atoms with Crippen LogP contribution in [0.3, 0.4) is 0 Å². The predicted molar refractivity (Wildman–Crippen MR) is 135 cm³/mol.